The summed E-state index contributed by atoms with van der Waals surface area (Å²) in [4.78, 5) is 11.9. The van der Waals surface area contributed by atoms with E-state index in [1.807, 2.05) is 32.0 Å². The van der Waals surface area contributed by atoms with E-state index in [-0.39, 0.29) is 18.1 Å². The van der Waals surface area contributed by atoms with E-state index in [0.717, 1.165) is 43.1 Å². The van der Waals surface area contributed by atoms with E-state index in [1.54, 1.807) is 6.08 Å². The van der Waals surface area contributed by atoms with Gasteiger partial charge < -0.3 is 20.1 Å². The maximum Gasteiger partial charge on any atom is 0.242 e. The molecule has 0 aromatic heterocycles. The van der Waals surface area contributed by atoms with Crippen LogP contribution in [-0.4, -0.2) is 37.8 Å². The Morgan fingerprint density at radius 1 is 1.48 bits per heavy atom. The third-order valence-electron chi connectivity index (χ3n) is 3.83. The van der Waals surface area contributed by atoms with Crippen molar-refractivity contribution in [3.8, 4) is 5.75 Å². The molecular weight excluding hydrogens is 292 g/mol. The van der Waals surface area contributed by atoms with Gasteiger partial charge in [-0.15, -0.1) is 6.58 Å². The number of benzene rings is 1. The Kier molecular flexibility index (Phi) is 6.47. The molecule has 0 radical (unpaired) electrons. The first-order valence-corrected chi connectivity index (χ1v) is 8.10. The smallest absolute Gasteiger partial charge is 0.242 e. The predicted octanol–water partition coefficient (Wildman–Crippen LogP) is 2.66. The van der Waals surface area contributed by atoms with Crippen LogP contribution in [0.5, 0.6) is 5.75 Å². The summed E-state index contributed by atoms with van der Waals surface area (Å²) in [6, 6.07) is 5.60. The number of hydrogen-bond donors (Lipinski definition) is 2. The van der Waals surface area contributed by atoms with Gasteiger partial charge >= 0.3 is 0 Å². The molecule has 1 amide bonds. The summed E-state index contributed by atoms with van der Waals surface area (Å²) in [5.41, 5.74) is 1.96. The molecule has 0 spiro atoms. The Hall–Kier alpha value is -2.01. The van der Waals surface area contributed by atoms with E-state index in [2.05, 4.69) is 17.2 Å². The predicted molar refractivity (Wildman–Crippen MR) is 91.9 cm³/mol. The summed E-state index contributed by atoms with van der Waals surface area (Å²) in [6.45, 7) is 9.44. The van der Waals surface area contributed by atoms with Gasteiger partial charge in [0.2, 0.25) is 5.91 Å². The minimum atomic E-state index is -0.309. The van der Waals surface area contributed by atoms with Crippen LogP contribution >= 0.6 is 0 Å². The second-order valence-corrected chi connectivity index (χ2v) is 5.81. The number of carbonyl (C=O) groups excluding carboxylic acids is 1. The molecule has 0 saturated carbocycles. The van der Waals surface area contributed by atoms with E-state index in [4.69, 9.17) is 9.47 Å². The lowest BCUT2D eigenvalue weighted by Gasteiger charge is -2.24. The third-order valence-corrected chi connectivity index (χ3v) is 3.83. The van der Waals surface area contributed by atoms with Crippen molar-refractivity contribution in [3.63, 3.8) is 0 Å². The lowest BCUT2D eigenvalue weighted by Crippen LogP contribution is -2.37. The Balaban J connectivity index is 1.92. The summed E-state index contributed by atoms with van der Waals surface area (Å²) in [5, 5.41) is 5.98. The highest BCUT2D eigenvalue weighted by Crippen LogP contribution is 2.25. The number of aryl methyl sites for hydroxylation is 1. The van der Waals surface area contributed by atoms with E-state index in [0.29, 0.717) is 6.54 Å². The molecule has 1 aliphatic heterocycles. The average Bonchev–Trinajstić information content (AvgIpc) is 2.56. The summed E-state index contributed by atoms with van der Waals surface area (Å²) < 4.78 is 11.4. The van der Waals surface area contributed by atoms with E-state index in [9.17, 15) is 4.79 Å². The highest BCUT2D eigenvalue weighted by atomic mass is 16.5. The van der Waals surface area contributed by atoms with Crippen LogP contribution in [0.2, 0.25) is 0 Å². The molecule has 1 saturated heterocycles. The first kappa shape index (κ1) is 17.3. The standard InChI is InChI=1S/C18H26N2O3/c1-4-9-19-18(21)14(3)20-15-5-6-17(13(2)12-15)23-16-7-10-22-11-8-16/h4-6,12,14,16,20H,1,7-11H2,2-3H3,(H,19,21). The SMILES string of the molecule is C=CCNC(=O)C(C)Nc1ccc(OC2CCOCC2)c(C)c1. The average molecular weight is 318 g/mol. The highest BCUT2D eigenvalue weighted by Gasteiger charge is 2.17. The van der Waals surface area contributed by atoms with Crippen LogP contribution in [0.4, 0.5) is 5.69 Å². The minimum absolute atomic E-state index is 0.0508. The zero-order valence-corrected chi connectivity index (χ0v) is 13.9. The highest BCUT2D eigenvalue weighted by molar-refractivity contribution is 5.84. The van der Waals surface area contributed by atoms with Crippen molar-refractivity contribution in [2.45, 2.75) is 38.8 Å². The number of amides is 1. The molecule has 23 heavy (non-hydrogen) atoms. The van der Waals surface area contributed by atoms with Gasteiger partial charge in [-0.1, -0.05) is 6.08 Å². The molecule has 5 heteroatoms. The second-order valence-electron chi connectivity index (χ2n) is 5.81. The lowest BCUT2D eigenvalue weighted by molar-refractivity contribution is -0.121. The van der Waals surface area contributed by atoms with Gasteiger partial charge in [-0.25, -0.2) is 0 Å². The van der Waals surface area contributed by atoms with Gasteiger partial charge in [0.15, 0.2) is 0 Å². The first-order chi connectivity index (χ1) is 11.1. The van der Waals surface area contributed by atoms with Crippen molar-refractivity contribution in [2.24, 2.45) is 0 Å². The second kappa shape index (κ2) is 8.58. The molecule has 0 bridgehead atoms. The maximum atomic E-state index is 11.9. The Morgan fingerprint density at radius 3 is 2.87 bits per heavy atom. The van der Waals surface area contributed by atoms with Gasteiger partial charge in [-0.3, -0.25) is 4.79 Å². The number of ether oxygens (including phenoxy) is 2. The molecule has 2 N–H and O–H groups in total. The number of carbonyl (C=O) groups is 1. The van der Waals surface area contributed by atoms with Crippen LogP contribution in [0.25, 0.3) is 0 Å². The molecule has 1 unspecified atom stereocenters. The lowest BCUT2D eigenvalue weighted by atomic mass is 10.1. The molecular formula is C18H26N2O3. The largest absolute Gasteiger partial charge is 0.490 e. The molecule has 1 aromatic carbocycles. The van der Waals surface area contributed by atoms with Crippen molar-refractivity contribution in [1.82, 2.24) is 5.32 Å². The summed E-state index contributed by atoms with van der Waals surface area (Å²) in [6.07, 6.45) is 3.75. The van der Waals surface area contributed by atoms with Gasteiger partial charge in [0, 0.05) is 25.1 Å². The summed E-state index contributed by atoms with van der Waals surface area (Å²) in [7, 11) is 0. The zero-order chi connectivity index (χ0) is 16.7. The minimum Gasteiger partial charge on any atom is -0.490 e. The van der Waals surface area contributed by atoms with Crippen LogP contribution in [0.15, 0.2) is 30.9 Å². The Bertz CT molecular complexity index is 539. The van der Waals surface area contributed by atoms with Crippen LogP contribution in [0, 0.1) is 6.92 Å². The quantitative estimate of drug-likeness (QED) is 0.759. The van der Waals surface area contributed by atoms with E-state index in [1.165, 1.54) is 0 Å². The molecule has 5 nitrogen and oxygen atoms in total. The Labute approximate surface area is 138 Å². The fraction of sp³-hybridized carbons (Fsp3) is 0.500. The van der Waals surface area contributed by atoms with E-state index < -0.39 is 0 Å². The van der Waals surface area contributed by atoms with Gasteiger partial charge in [0.1, 0.15) is 17.9 Å². The van der Waals surface area contributed by atoms with Gasteiger partial charge in [-0.2, -0.15) is 0 Å². The first-order valence-electron chi connectivity index (χ1n) is 8.10. The molecule has 0 aliphatic carbocycles. The topological polar surface area (TPSA) is 59.6 Å². The fourth-order valence-corrected chi connectivity index (χ4v) is 2.49. The van der Waals surface area contributed by atoms with Crippen molar-refractivity contribution < 1.29 is 14.3 Å². The van der Waals surface area contributed by atoms with Crippen molar-refractivity contribution in [2.75, 3.05) is 25.1 Å². The molecule has 1 heterocycles. The van der Waals surface area contributed by atoms with Crippen molar-refractivity contribution in [1.29, 1.82) is 0 Å². The summed E-state index contributed by atoms with van der Waals surface area (Å²) in [5.74, 6) is 0.844. The zero-order valence-electron chi connectivity index (χ0n) is 13.9. The van der Waals surface area contributed by atoms with Crippen LogP contribution in [0.3, 0.4) is 0 Å². The number of anilines is 1. The monoisotopic (exact) mass is 318 g/mol. The molecule has 1 aromatic rings. The number of nitrogens with one attached hydrogen (secondary N) is 2. The molecule has 2 rings (SSSR count). The Morgan fingerprint density at radius 2 is 2.22 bits per heavy atom. The van der Waals surface area contributed by atoms with Crippen LogP contribution in [0.1, 0.15) is 25.3 Å². The number of rotatable bonds is 7. The van der Waals surface area contributed by atoms with Crippen LogP contribution < -0.4 is 15.4 Å². The fourth-order valence-electron chi connectivity index (χ4n) is 2.49. The van der Waals surface area contributed by atoms with Crippen molar-refractivity contribution in [3.05, 3.63) is 36.4 Å². The molecule has 126 valence electrons. The third kappa shape index (κ3) is 5.28. The molecule has 1 aliphatic rings. The van der Waals surface area contributed by atoms with Gasteiger partial charge in [0.05, 0.1) is 13.2 Å². The molecule has 1 fully saturated rings. The van der Waals surface area contributed by atoms with Gasteiger partial charge in [-0.05, 0) is 37.6 Å². The normalized spacial score (nSPS) is 16.4. The summed E-state index contributed by atoms with van der Waals surface area (Å²) >= 11 is 0. The van der Waals surface area contributed by atoms with Crippen molar-refractivity contribution >= 4 is 11.6 Å². The van der Waals surface area contributed by atoms with Gasteiger partial charge in [0.25, 0.3) is 0 Å². The van der Waals surface area contributed by atoms with Crippen LogP contribution in [-0.2, 0) is 9.53 Å². The van der Waals surface area contributed by atoms with E-state index >= 15 is 0 Å². The molecule has 1 atom stereocenters. The maximum absolute atomic E-state index is 11.9. The number of hydrogen-bond acceptors (Lipinski definition) is 4.